The highest BCUT2D eigenvalue weighted by Gasteiger charge is 2.37. The monoisotopic (exact) mass is 288 g/mol. The zero-order valence-corrected chi connectivity index (χ0v) is 12.6. The van der Waals surface area contributed by atoms with Gasteiger partial charge >= 0.3 is 5.97 Å². The van der Waals surface area contributed by atoms with Gasteiger partial charge in [0.1, 0.15) is 0 Å². The Morgan fingerprint density at radius 3 is 2.90 bits per heavy atom. The number of hydrogen-bond acceptors (Lipinski definition) is 4. The van der Waals surface area contributed by atoms with Crippen LogP contribution in [0, 0.1) is 0 Å². The van der Waals surface area contributed by atoms with Crippen molar-refractivity contribution in [3.8, 4) is 0 Å². The smallest absolute Gasteiger partial charge is 0.314 e. The summed E-state index contributed by atoms with van der Waals surface area (Å²) in [5, 5.41) is 3.62. The lowest BCUT2D eigenvalue weighted by Crippen LogP contribution is -2.42. The SMILES string of the molecule is COC(=O)C(CNC1CCN2CCCC12)c1ccccc1. The van der Waals surface area contributed by atoms with Crippen LogP contribution in [0.1, 0.15) is 30.7 Å². The van der Waals surface area contributed by atoms with E-state index >= 15 is 0 Å². The maximum Gasteiger partial charge on any atom is 0.314 e. The third kappa shape index (κ3) is 3.11. The van der Waals surface area contributed by atoms with Gasteiger partial charge < -0.3 is 10.1 Å². The average molecular weight is 288 g/mol. The largest absolute Gasteiger partial charge is 0.469 e. The van der Waals surface area contributed by atoms with Crippen LogP contribution in [0.25, 0.3) is 0 Å². The van der Waals surface area contributed by atoms with Gasteiger partial charge in [-0.2, -0.15) is 0 Å². The number of rotatable bonds is 5. The number of fused-ring (bicyclic) bond motifs is 1. The summed E-state index contributed by atoms with van der Waals surface area (Å²) in [5.74, 6) is -0.373. The van der Waals surface area contributed by atoms with Gasteiger partial charge in [0, 0.05) is 25.2 Å². The minimum absolute atomic E-state index is 0.157. The zero-order valence-electron chi connectivity index (χ0n) is 12.6. The Morgan fingerprint density at radius 2 is 2.14 bits per heavy atom. The van der Waals surface area contributed by atoms with Crippen molar-refractivity contribution >= 4 is 5.97 Å². The van der Waals surface area contributed by atoms with Crippen LogP contribution >= 0.6 is 0 Å². The molecule has 2 heterocycles. The second-order valence-electron chi connectivity index (χ2n) is 6.04. The summed E-state index contributed by atoms with van der Waals surface area (Å²) in [5.41, 5.74) is 1.03. The standard InChI is InChI=1S/C17H24N2O2/c1-21-17(20)14(13-6-3-2-4-7-13)12-18-15-9-11-19-10-5-8-16(15)19/h2-4,6-7,14-16,18H,5,8-12H2,1H3. The highest BCUT2D eigenvalue weighted by atomic mass is 16.5. The summed E-state index contributed by atoms with van der Waals surface area (Å²) in [4.78, 5) is 14.6. The molecule has 2 saturated heterocycles. The maximum atomic E-state index is 12.1. The Balaban J connectivity index is 1.64. The summed E-state index contributed by atoms with van der Waals surface area (Å²) >= 11 is 0. The van der Waals surface area contributed by atoms with Crippen molar-refractivity contribution in [2.45, 2.75) is 37.3 Å². The van der Waals surface area contributed by atoms with Crippen LogP contribution in [0.3, 0.4) is 0 Å². The van der Waals surface area contributed by atoms with Crippen LogP contribution in [0.2, 0.25) is 0 Å². The van der Waals surface area contributed by atoms with E-state index in [2.05, 4.69) is 10.2 Å². The molecule has 4 nitrogen and oxygen atoms in total. The average Bonchev–Trinajstić information content (AvgIpc) is 3.12. The molecule has 2 aliphatic rings. The number of nitrogens with one attached hydrogen (secondary N) is 1. The number of carbonyl (C=O) groups is 1. The van der Waals surface area contributed by atoms with E-state index in [4.69, 9.17) is 4.74 Å². The predicted octanol–water partition coefficient (Wildman–Crippen LogP) is 1.77. The fourth-order valence-electron chi connectivity index (χ4n) is 3.75. The predicted molar refractivity (Wildman–Crippen MR) is 82.2 cm³/mol. The summed E-state index contributed by atoms with van der Waals surface area (Å²) in [7, 11) is 1.46. The van der Waals surface area contributed by atoms with E-state index in [1.54, 1.807) is 0 Å². The molecule has 0 saturated carbocycles. The normalized spacial score (nSPS) is 26.5. The van der Waals surface area contributed by atoms with Crippen molar-refractivity contribution in [2.75, 3.05) is 26.7 Å². The van der Waals surface area contributed by atoms with Crippen molar-refractivity contribution in [2.24, 2.45) is 0 Å². The molecule has 114 valence electrons. The molecule has 3 unspecified atom stereocenters. The first-order chi connectivity index (χ1) is 10.3. The molecule has 1 aromatic carbocycles. The number of benzene rings is 1. The van der Waals surface area contributed by atoms with Gasteiger partial charge in [0.05, 0.1) is 13.0 Å². The number of hydrogen-bond donors (Lipinski definition) is 1. The number of carbonyl (C=O) groups excluding carboxylic acids is 1. The van der Waals surface area contributed by atoms with Crippen LogP contribution in [-0.4, -0.2) is 49.7 Å². The van der Waals surface area contributed by atoms with Gasteiger partial charge in [-0.3, -0.25) is 9.69 Å². The topological polar surface area (TPSA) is 41.6 Å². The summed E-state index contributed by atoms with van der Waals surface area (Å²) in [6.45, 7) is 3.09. The molecule has 0 amide bonds. The van der Waals surface area contributed by atoms with Crippen LogP contribution in [0.5, 0.6) is 0 Å². The number of ether oxygens (including phenoxy) is 1. The number of esters is 1. The molecule has 1 aromatic rings. The Morgan fingerprint density at radius 1 is 1.33 bits per heavy atom. The van der Waals surface area contributed by atoms with Gasteiger partial charge in [-0.05, 0) is 31.4 Å². The molecule has 1 N–H and O–H groups in total. The Bertz CT molecular complexity index is 477. The minimum Gasteiger partial charge on any atom is -0.469 e. The van der Waals surface area contributed by atoms with Gasteiger partial charge in [0.2, 0.25) is 0 Å². The van der Waals surface area contributed by atoms with Crippen molar-refractivity contribution in [3.05, 3.63) is 35.9 Å². The Labute approximate surface area is 126 Å². The van der Waals surface area contributed by atoms with Gasteiger partial charge in [-0.15, -0.1) is 0 Å². The Hall–Kier alpha value is -1.39. The van der Waals surface area contributed by atoms with Crippen LogP contribution < -0.4 is 5.32 Å². The van der Waals surface area contributed by atoms with Gasteiger partial charge in [0.25, 0.3) is 0 Å². The second kappa shape index (κ2) is 6.58. The first-order valence-corrected chi connectivity index (χ1v) is 7.90. The fraction of sp³-hybridized carbons (Fsp3) is 0.588. The third-order valence-corrected chi connectivity index (χ3v) is 4.88. The van der Waals surface area contributed by atoms with Gasteiger partial charge in [-0.1, -0.05) is 30.3 Å². The lowest BCUT2D eigenvalue weighted by molar-refractivity contribution is -0.142. The molecule has 0 spiro atoms. The fourth-order valence-corrected chi connectivity index (χ4v) is 3.75. The summed E-state index contributed by atoms with van der Waals surface area (Å²) in [6.07, 6.45) is 3.78. The van der Waals surface area contributed by atoms with E-state index in [9.17, 15) is 4.79 Å². The molecule has 0 aliphatic carbocycles. The first kappa shape index (κ1) is 14.5. The van der Waals surface area contributed by atoms with E-state index in [1.807, 2.05) is 30.3 Å². The minimum atomic E-state index is -0.216. The molecule has 0 aromatic heterocycles. The van der Waals surface area contributed by atoms with E-state index in [1.165, 1.54) is 39.5 Å². The van der Waals surface area contributed by atoms with Gasteiger partial charge in [-0.25, -0.2) is 0 Å². The number of methoxy groups -OCH3 is 1. The molecule has 3 rings (SSSR count). The lowest BCUT2D eigenvalue weighted by atomic mass is 9.98. The van der Waals surface area contributed by atoms with E-state index < -0.39 is 0 Å². The molecule has 4 heteroatoms. The molecule has 2 fully saturated rings. The lowest BCUT2D eigenvalue weighted by Gasteiger charge is -2.24. The molecular weight excluding hydrogens is 264 g/mol. The third-order valence-electron chi connectivity index (χ3n) is 4.88. The molecule has 21 heavy (non-hydrogen) atoms. The Kier molecular flexibility index (Phi) is 4.56. The van der Waals surface area contributed by atoms with Crippen molar-refractivity contribution < 1.29 is 9.53 Å². The summed E-state index contributed by atoms with van der Waals surface area (Å²) in [6, 6.07) is 11.1. The van der Waals surface area contributed by atoms with Crippen LogP contribution in [0.15, 0.2) is 30.3 Å². The van der Waals surface area contributed by atoms with Gasteiger partial charge in [0.15, 0.2) is 0 Å². The van der Waals surface area contributed by atoms with E-state index in [-0.39, 0.29) is 11.9 Å². The molecule has 2 aliphatic heterocycles. The second-order valence-corrected chi connectivity index (χ2v) is 6.04. The first-order valence-electron chi connectivity index (χ1n) is 7.90. The quantitative estimate of drug-likeness (QED) is 0.839. The highest BCUT2D eigenvalue weighted by Crippen LogP contribution is 2.28. The van der Waals surface area contributed by atoms with Crippen molar-refractivity contribution in [3.63, 3.8) is 0 Å². The molecule has 3 atom stereocenters. The molecular formula is C17H24N2O2. The highest BCUT2D eigenvalue weighted by molar-refractivity contribution is 5.78. The maximum absolute atomic E-state index is 12.1. The van der Waals surface area contributed by atoms with Crippen molar-refractivity contribution in [1.82, 2.24) is 10.2 Å². The van der Waals surface area contributed by atoms with E-state index in [0.717, 1.165) is 5.56 Å². The number of nitrogens with zero attached hydrogens (tertiary/aromatic N) is 1. The van der Waals surface area contributed by atoms with Crippen molar-refractivity contribution in [1.29, 1.82) is 0 Å². The zero-order chi connectivity index (χ0) is 14.7. The molecule has 0 bridgehead atoms. The summed E-state index contributed by atoms with van der Waals surface area (Å²) < 4.78 is 4.98. The van der Waals surface area contributed by atoms with Crippen LogP contribution in [-0.2, 0) is 9.53 Å². The van der Waals surface area contributed by atoms with E-state index in [0.29, 0.717) is 18.6 Å². The molecule has 0 radical (unpaired) electrons. The van der Waals surface area contributed by atoms with Crippen LogP contribution in [0.4, 0.5) is 0 Å².